The van der Waals surface area contributed by atoms with Crippen LogP contribution in [0.1, 0.15) is 54.0 Å². The number of anilines is 2. The Hall–Kier alpha value is -5.06. The molecule has 1 N–H and O–H groups in total. The number of aliphatic hydroxyl groups is 1. The SMILES string of the molecule is CCC1(OCCOCCO)c2ccccc2-c2c1c1c(c3cc(OC)c(N4CCCC4)cc23)OC(c2ccc(OC)cc2)(c2ccc(N3CCOCC3)cc2)C=C1. The maximum atomic E-state index is 9.40. The van der Waals surface area contributed by atoms with Crippen molar-refractivity contribution < 1.29 is 33.5 Å². The lowest BCUT2D eigenvalue weighted by atomic mass is 9.79. The average Bonchev–Trinajstić information content (AvgIpc) is 3.92. The maximum Gasteiger partial charge on any atom is 0.178 e. The molecule has 0 bridgehead atoms. The molecule has 2 saturated heterocycles. The molecule has 0 radical (unpaired) electrons. The van der Waals surface area contributed by atoms with Crippen LogP contribution in [0, 0.1) is 0 Å². The van der Waals surface area contributed by atoms with E-state index in [2.05, 4.69) is 102 Å². The van der Waals surface area contributed by atoms with E-state index >= 15 is 0 Å². The first-order valence-corrected chi connectivity index (χ1v) is 20.4. The fourth-order valence-corrected chi connectivity index (χ4v) is 9.53. The molecule has 2 unspecified atom stereocenters. The van der Waals surface area contributed by atoms with Gasteiger partial charge in [-0.05, 0) is 83.8 Å². The highest BCUT2D eigenvalue weighted by atomic mass is 16.5. The summed E-state index contributed by atoms with van der Waals surface area (Å²) >= 11 is 0. The fourth-order valence-electron chi connectivity index (χ4n) is 9.53. The van der Waals surface area contributed by atoms with E-state index in [0.29, 0.717) is 19.6 Å². The van der Waals surface area contributed by atoms with Crippen molar-refractivity contribution in [2.24, 2.45) is 0 Å². The van der Waals surface area contributed by atoms with E-state index in [-0.39, 0.29) is 13.2 Å². The number of aliphatic hydroxyl groups excluding tert-OH is 1. The molecule has 57 heavy (non-hydrogen) atoms. The summed E-state index contributed by atoms with van der Waals surface area (Å²) in [6.07, 6.45) is 7.49. The summed E-state index contributed by atoms with van der Waals surface area (Å²) in [5.74, 6) is 2.40. The van der Waals surface area contributed by atoms with Crippen molar-refractivity contribution in [3.8, 4) is 28.4 Å². The third-order valence-corrected chi connectivity index (χ3v) is 12.3. The van der Waals surface area contributed by atoms with E-state index < -0.39 is 11.2 Å². The number of hydrogen-bond donors (Lipinski definition) is 1. The van der Waals surface area contributed by atoms with Crippen molar-refractivity contribution in [3.63, 3.8) is 0 Å². The first-order chi connectivity index (χ1) is 28.0. The lowest BCUT2D eigenvalue weighted by Crippen LogP contribution is -2.37. The van der Waals surface area contributed by atoms with Crippen LogP contribution < -0.4 is 24.0 Å². The predicted octanol–water partition coefficient (Wildman–Crippen LogP) is 8.30. The first kappa shape index (κ1) is 37.5. The molecule has 5 aromatic rings. The molecule has 0 saturated carbocycles. The molecular formula is C48H52N2O7. The third-order valence-electron chi connectivity index (χ3n) is 12.3. The molecule has 1 aliphatic carbocycles. The van der Waals surface area contributed by atoms with Gasteiger partial charge in [0.05, 0.1) is 59.5 Å². The van der Waals surface area contributed by atoms with Gasteiger partial charge in [0, 0.05) is 59.5 Å². The standard InChI is InChI=1S/C48H52N2O7/c1-4-47(56-30-29-55-28-25-51)41-10-6-5-9-37(41)44-39-31-42(50-21-7-8-22-50)43(53-3)32-40(39)46-38(45(44)47)19-20-48(57-46,34-13-17-36(52-2)18-14-34)33-11-15-35(16-12-33)49-23-26-54-27-24-49/h5-6,9-20,31-32,51H,4,7-8,21-30H2,1-3H3. The second-order valence-corrected chi connectivity index (χ2v) is 15.2. The summed E-state index contributed by atoms with van der Waals surface area (Å²) < 4.78 is 38.0. The van der Waals surface area contributed by atoms with Crippen molar-refractivity contribution >= 4 is 28.2 Å². The molecule has 4 aliphatic rings. The van der Waals surface area contributed by atoms with Crippen molar-refractivity contribution in [2.75, 3.05) is 89.8 Å². The van der Waals surface area contributed by atoms with Crippen LogP contribution in [0.2, 0.25) is 0 Å². The minimum atomic E-state index is -0.968. The zero-order valence-corrected chi connectivity index (χ0v) is 33.2. The van der Waals surface area contributed by atoms with Gasteiger partial charge in [-0.2, -0.15) is 0 Å². The monoisotopic (exact) mass is 768 g/mol. The van der Waals surface area contributed by atoms with E-state index in [1.54, 1.807) is 14.2 Å². The molecule has 2 fully saturated rings. The number of benzene rings is 5. The van der Waals surface area contributed by atoms with E-state index in [4.69, 9.17) is 28.4 Å². The summed E-state index contributed by atoms with van der Waals surface area (Å²) in [5, 5.41) is 11.5. The highest BCUT2D eigenvalue weighted by Crippen LogP contribution is 2.60. The third kappa shape index (κ3) is 6.32. The van der Waals surface area contributed by atoms with Gasteiger partial charge in [0.1, 0.15) is 22.8 Å². The van der Waals surface area contributed by atoms with Gasteiger partial charge in [-0.25, -0.2) is 0 Å². The molecule has 3 aliphatic heterocycles. The summed E-state index contributed by atoms with van der Waals surface area (Å²) in [6, 6.07) is 30.2. The minimum Gasteiger partial charge on any atom is -0.497 e. The van der Waals surface area contributed by atoms with Gasteiger partial charge >= 0.3 is 0 Å². The smallest absolute Gasteiger partial charge is 0.178 e. The summed E-state index contributed by atoms with van der Waals surface area (Å²) in [7, 11) is 3.46. The van der Waals surface area contributed by atoms with Crippen LogP contribution in [0.4, 0.5) is 11.4 Å². The van der Waals surface area contributed by atoms with Crippen LogP contribution in [-0.2, 0) is 25.4 Å². The number of hydrogen-bond acceptors (Lipinski definition) is 9. The van der Waals surface area contributed by atoms with E-state index in [9.17, 15) is 5.11 Å². The average molecular weight is 769 g/mol. The Kier molecular flexibility index (Phi) is 10.3. The molecule has 0 aromatic heterocycles. The van der Waals surface area contributed by atoms with E-state index in [1.807, 2.05) is 12.1 Å². The Labute approximate surface area is 335 Å². The van der Waals surface area contributed by atoms with Gasteiger partial charge < -0.3 is 43.3 Å². The molecule has 9 nitrogen and oxygen atoms in total. The normalized spacial score (nSPS) is 21.0. The van der Waals surface area contributed by atoms with Gasteiger partial charge in [0.25, 0.3) is 0 Å². The molecular weight excluding hydrogens is 717 g/mol. The van der Waals surface area contributed by atoms with Crippen LogP contribution in [0.15, 0.2) is 91.0 Å². The van der Waals surface area contributed by atoms with Crippen molar-refractivity contribution in [1.29, 1.82) is 0 Å². The lowest BCUT2D eigenvalue weighted by molar-refractivity contribution is -0.0499. The van der Waals surface area contributed by atoms with E-state index in [0.717, 1.165) is 119 Å². The van der Waals surface area contributed by atoms with E-state index in [1.165, 1.54) is 11.3 Å². The lowest BCUT2D eigenvalue weighted by Gasteiger charge is -2.40. The van der Waals surface area contributed by atoms with Gasteiger partial charge in [-0.1, -0.05) is 61.5 Å². The van der Waals surface area contributed by atoms with Gasteiger partial charge in [-0.15, -0.1) is 0 Å². The van der Waals surface area contributed by atoms with Crippen LogP contribution in [-0.4, -0.2) is 85.1 Å². The fraction of sp³-hybridized carbons (Fsp3) is 0.375. The molecule has 9 rings (SSSR count). The molecule has 0 spiro atoms. The number of methoxy groups -OCH3 is 2. The quantitative estimate of drug-likeness (QED) is 0.119. The molecule has 3 heterocycles. The Morgan fingerprint density at radius 3 is 2.21 bits per heavy atom. The molecule has 296 valence electrons. The zero-order valence-electron chi connectivity index (χ0n) is 33.2. The molecule has 5 aromatic carbocycles. The van der Waals surface area contributed by atoms with Crippen molar-refractivity contribution in [2.45, 2.75) is 37.4 Å². The topological polar surface area (TPSA) is 82.1 Å². The van der Waals surface area contributed by atoms with Gasteiger partial charge in [-0.3, -0.25) is 0 Å². The van der Waals surface area contributed by atoms with Crippen LogP contribution in [0.3, 0.4) is 0 Å². The Morgan fingerprint density at radius 2 is 1.51 bits per heavy atom. The Balaban J connectivity index is 1.29. The number of morpholine rings is 1. The number of fused-ring (bicyclic) bond motifs is 8. The van der Waals surface area contributed by atoms with Gasteiger partial charge in [0.15, 0.2) is 5.60 Å². The summed E-state index contributed by atoms with van der Waals surface area (Å²) in [5.41, 5.74) is 8.10. The van der Waals surface area contributed by atoms with Crippen molar-refractivity contribution in [1.82, 2.24) is 0 Å². The van der Waals surface area contributed by atoms with Crippen molar-refractivity contribution in [3.05, 3.63) is 119 Å². The Bertz CT molecular complexity index is 2260. The second kappa shape index (κ2) is 15.7. The zero-order chi connectivity index (χ0) is 39.0. The van der Waals surface area contributed by atoms with Crippen LogP contribution in [0.5, 0.6) is 17.2 Å². The highest BCUT2D eigenvalue weighted by Gasteiger charge is 2.49. The van der Waals surface area contributed by atoms with Crippen LogP contribution in [0.25, 0.3) is 28.0 Å². The number of ether oxygens (including phenoxy) is 6. The largest absolute Gasteiger partial charge is 0.497 e. The Morgan fingerprint density at radius 1 is 0.772 bits per heavy atom. The summed E-state index contributed by atoms with van der Waals surface area (Å²) in [4.78, 5) is 4.82. The molecule has 2 atom stereocenters. The second-order valence-electron chi connectivity index (χ2n) is 15.2. The predicted molar refractivity (Wildman–Crippen MR) is 225 cm³/mol. The molecule has 0 amide bonds. The highest BCUT2D eigenvalue weighted by molar-refractivity contribution is 6.10. The van der Waals surface area contributed by atoms with Gasteiger partial charge in [0.2, 0.25) is 0 Å². The number of nitrogens with zero attached hydrogens (tertiary/aromatic N) is 2. The van der Waals surface area contributed by atoms with Crippen LogP contribution >= 0.6 is 0 Å². The first-order valence-electron chi connectivity index (χ1n) is 20.4. The number of rotatable bonds is 13. The molecule has 9 heteroatoms. The summed E-state index contributed by atoms with van der Waals surface area (Å²) in [6.45, 7) is 8.34. The maximum absolute atomic E-state index is 9.40. The minimum absolute atomic E-state index is 0.0269.